The van der Waals surface area contributed by atoms with Crippen LogP contribution in [0.5, 0.6) is 0 Å². The van der Waals surface area contributed by atoms with Crippen LogP contribution in [0.15, 0.2) is 42.6 Å². The second kappa shape index (κ2) is 4.25. The highest BCUT2D eigenvalue weighted by molar-refractivity contribution is 6.14. The number of ketones is 1. The van der Waals surface area contributed by atoms with E-state index >= 15 is 0 Å². The Balaban J connectivity index is 2.49. The molecular formula is C13H11NO3. The summed E-state index contributed by atoms with van der Waals surface area (Å²) in [5.41, 5.74) is 1.46. The zero-order chi connectivity index (χ0) is 12.4. The van der Waals surface area contributed by atoms with Gasteiger partial charge in [0.15, 0.2) is 5.78 Å². The Morgan fingerprint density at radius 3 is 2.65 bits per heavy atom. The summed E-state index contributed by atoms with van der Waals surface area (Å²) in [4.78, 5) is 22.2. The van der Waals surface area contributed by atoms with Crippen LogP contribution in [0, 0.1) is 0 Å². The van der Waals surface area contributed by atoms with E-state index in [1.807, 2.05) is 35.9 Å². The standard InChI is InChI=1S/C13H11NO3/c1-14-8-10(12(15)6-7-13(16)17)9-4-2-3-5-11(9)14/h2-8H,1H3,(H,16,17). The number of para-hydroxylation sites is 1. The summed E-state index contributed by atoms with van der Waals surface area (Å²) in [7, 11) is 1.85. The third-order valence-electron chi connectivity index (χ3n) is 2.54. The van der Waals surface area contributed by atoms with Gasteiger partial charge in [0.2, 0.25) is 0 Å². The molecule has 2 rings (SSSR count). The number of carboxylic acids is 1. The number of aryl methyl sites for hydroxylation is 1. The van der Waals surface area contributed by atoms with Gasteiger partial charge in [-0.15, -0.1) is 0 Å². The van der Waals surface area contributed by atoms with Crippen LogP contribution in [-0.4, -0.2) is 21.4 Å². The van der Waals surface area contributed by atoms with Crippen LogP contribution < -0.4 is 0 Å². The molecule has 17 heavy (non-hydrogen) atoms. The normalized spacial score (nSPS) is 11.1. The molecule has 0 unspecified atom stereocenters. The Morgan fingerprint density at radius 2 is 1.94 bits per heavy atom. The lowest BCUT2D eigenvalue weighted by molar-refractivity contribution is -0.131. The SMILES string of the molecule is Cn1cc(C(=O)C=CC(=O)O)c2ccccc21. The molecule has 0 aliphatic heterocycles. The molecule has 4 heteroatoms. The van der Waals surface area contributed by atoms with Crippen molar-refractivity contribution >= 4 is 22.7 Å². The molecule has 0 bridgehead atoms. The highest BCUT2D eigenvalue weighted by atomic mass is 16.4. The largest absolute Gasteiger partial charge is 0.478 e. The number of fused-ring (bicyclic) bond motifs is 1. The quantitative estimate of drug-likeness (QED) is 0.646. The molecule has 0 aliphatic carbocycles. The summed E-state index contributed by atoms with van der Waals surface area (Å²) in [5.74, 6) is -1.43. The first kappa shape index (κ1) is 11.1. The van der Waals surface area contributed by atoms with Gasteiger partial charge in [0, 0.05) is 35.8 Å². The summed E-state index contributed by atoms with van der Waals surface area (Å²) < 4.78 is 1.84. The molecule has 0 atom stereocenters. The Bertz CT molecular complexity index is 623. The fourth-order valence-corrected chi connectivity index (χ4v) is 1.77. The van der Waals surface area contributed by atoms with Gasteiger partial charge in [0.1, 0.15) is 0 Å². The van der Waals surface area contributed by atoms with E-state index in [1.54, 1.807) is 6.20 Å². The summed E-state index contributed by atoms with van der Waals surface area (Å²) in [6, 6.07) is 7.49. The summed E-state index contributed by atoms with van der Waals surface area (Å²) in [6.45, 7) is 0. The number of carbonyl (C=O) groups excluding carboxylic acids is 1. The van der Waals surface area contributed by atoms with Gasteiger partial charge in [-0.05, 0) is 12.1 Å². The van der Waals surface area contributed by atoms with Gasteiger partial charge in [-0.3, -0.25) is 4.79 Å². The number of allylic oxidation sites excluding steroid dienone is 1. The topological polar surface area (TPSA) is 59.3 Å². The van der Waals surface area contributed by atoms with Crippen molar-refractivity contribution in [3.05, 3.63) is 48.2 Å². The van der Waals surface area contributed by atoms with Gasteiger partial charge in [0.05, 0.1) is 0 Å². The third-order valence-corrected chi connectivity index (χ3v) is 2.54. The van der Waals surface area contributed by atoms with Crippen molar-refractivity contribution in [1.82, 2.24) is 4.57 Å². The highest BCUT2D eigenvalue weighted by Gasteiger charge is 2.11. The minimum Gasteiger partial charge on any atom is -0.478 e. The lowest BCUT2D eigenvalue weighted by Gasteiger charge is -1.93. The maximum atomic E-state index is 11.8. The molecule has 1 aromatic carbocycles. The predicted molar refractivity (Wildman–Crippen MR) is 64.0 cm³/mol. The van der Waals surface area contributed by atoms with Crippen molar-refractivity contribution in [1.29, 1.82) is 0 Å². The zero-order valence-electron chi connectivity index (χ0n) is 9.25. The lowest BCUT2D eigenvalue weighted by Crippen LogP contribution is -1.95. The number of benzene rings is 1. The molecule has 0 aliphatic rings. The first-order valence-corrected chi connectivity index (χ1v) is 5.09. The number of carboxylic acid groups (broad SMARTS) is 1. The number of nitrogens with zero attached hydrogens (tertiary/aromatic N) is 1. The summed E-state index contributed by atoms with van der Waals surface area (Å²) in [5, 5.41) is 9.31. The summed E-state index contributed by atoms with van der Waals surface area (Å²) >= 11 is 0. The molecular weight excluding hydrogens is 218 g/mol. The average molecular weight is 229 g/mol. The van der Waals surface area contributed by atoms with Crippen LogP contribution in [0.25, 0.3) is 10.9 Å². The van der Waals surface area contributed by atoms with Crippen molar-refractivity contribution in [3.8, 4) is 0 Å². The first-order chi connectivity index (χ1) is 8.09. The van der Waals surface area contributed by atoms with Crippen LogP contribution in [0.2, 0.25) is 0 Å². The molecule has 86 valence electrons. The van der Waals surface area contributed by atoms with Gasteiger partial charge >= 0.3 is 5.97 Å². The molecule has 0 radical (unpaired) electrons. The maximum absolute atomic E-state index is 11.8. The Hall–Kier alpha value is -2.36. The molecule has 0 saturated heterocycles. The number of carbonyl (C=O) groups is 2. The van der Waals surface area contributed by atoms with E-state index in [1.165, 1.54) is 0 Å². The van der Waals surface area contributed by atoms with Crippen molar-refractivity contribution in [2.75, 3.05) is 0 Å². The number of hydrogen-bond donors (Lipinski definition) is 1. The van der Waals surface area contributed by atoms with Crippen LogP contribution >= 0.6 is 0 Å². The molecule has 1 aromatic heterocycles. The molecule has 1 N–H and O–H groups in total. The minimum atomic E-state index is -1.13. The fraction of sp³-hybridized carbons (Fsp3) is 0.0769. The number of hydrogen-bond acceptors (Lipinski definition) is 2. The van der Waals surface area contributed by atoms with Crippen molar-refractivity contribution in [2.24, 2.45) is 7.05 Å². The molecule has 1 heterocycles. The summed E-state index contributed by atoms with van der Waals surface area (Å²) in [6.07, 6.45) is 3.63. The van der Waals surface area contributed by atoms with Gasteiger partial charge in [-0.25, -0.2) is 4.79 Å². The zero-order valence-corrected chi connectivity index (χ0v) is 9.25. The molecule has 4 nitrogen and oxygen atoms in total. The van der Waals surface area contributed by atoms with Gasteiger partial charge < -0.3 is 9.67 Å². The van der Waals surface area contributed by atoms with Gasteiger partial charge in [0.25, 0.3) is 0 Å². The number of rotatable bonds is 3. The first-order valence-electron chi connectivity index (χ1n) is 5.09. The van der Waals surface area contributed by atoms with E-state index in [4.69, 9.17) is 5.11 Å². The van der Waals surface area contributed by atoms with E-state index in [2.05, 4.69) is 0 Å². The van der Waals surface area contributed by atoms with Gasteiger partial charge in [-0.2, -0.15) is 0 Å². The van der Waals surface area contributed by atoms with Crippen molar-refractivity contribution in [2.45, 2.75) is 0 Å². The van der Waals surface area contributed by atoms with Crippen LogP contribution in [0.3, 0.4) is 0 Å². The molecule has 2 aromatic rings. The molecule has 0 amide bonds. The minimum absolute atomic E-state index is 0.302. The number of aromatic nitrogens is 1. The van der Waals surface area contributed by atoms with E-state index in [0.717, 1.165) is 23.1 Å². The predicted octanol–water partition coefficient (Wildman–Crippen LogP) is 2.00. The Morgan fingerprint density at radius 1 is 1.24 bits per heavy atom. The third kappa shape index (κ3) is 2.10. The average Bonchev–Trinajstić information content (AvgIpc) is 2.65. The Labute approximate surface area is 97.8 Å². The van der Waals surface area contributed by atoms with Crippen molar-refractivity contribution < 1.29 is 14.7 Å². The van der Waals surface area contributed by atoms with E-state index in [9.17, 15) is 9.59 Å². The molecule has 0 spiro atoms. The maximum Gasteiger partial charge on any atom is 0.328 e. The lowest BCUT2D eigenvalue weighted by atomic mass is 10.1. The second-order valence-corrected chi connectivity index (χ2v) is 3.71. The smallest absolute Gasteiger partial charge is 0.328 e. The van der Waals surface area contributed by atoms with Gasteiger partial charge in [-0.1, -0.05) is 18.2 Å². The van der Waals surface area contributed by atoms with Crippen molar-refractivity contribution in [3.63, 3.8) is 0 Å². The molecule has 0 fully saturated rings. The second-order valence-electron chi connectivity index (χ2n) is 3.71. The van der Waals surface area contributed by atoms with Crippen LogP contribution in [-0.2, 0) is 11.8 Å². The van der Waals surface area contributed by atoms with E-state index in [-0.39, 0.29) is 5.78 Å². The van der Waals surface area contributed by atoms with E-state index in [0.29, 0.717) is 5.56 Å². The van der Waals surface area contributed by atoms with Crippen LogP contribution in [0.1, 0.15) is 10.4 Å². The van der Waals surface area contributed by atoms with E-state index < -0.39 is 5.97 Å². The highest BCUT2D eigenvalue weighted by Crippen LogP contribution is 2.20. The monoisotopic (exact) mass is 229 g/mol. The Kier molecular flexibility index (Phi) is 2.78. The number of aliphatic carboxylic acids is 1. The fourth-order valence-electron chi connectivity index (χ4n) is 1.77. The van der Waals surface area contributed by atoms with Crippen LogP contribution in [0.4, 0.5) is 0 Å². The molecule has 0 saturated carbocycles.